The molecule has 1 aromatic carbocycles. The third-order valence-electron chi connectivity index (χ3n) is 3.63. The summed E-state index contributed by atoms with van der Waals surface area (Å²) in [6.45, 7) is 3.43. The van der Waals surface area contributed by atoms with Crippen LogP contribution in [0.25, 0.3) is 0 Å². The fraction of sp³-hybridized carbons (Fsp3) is 0.333. The van der Waals surface area contributed by atoms with Crippen molar-refractivity contribution in [1.82, 2.24) is 9.88 Å². The molecule has 0 aliphatic rings. The maximum absolute atomic E-state index is 12.2. The lowest BCUT2D eigenvalue weighted by atomic mass is 10.1. The van der Waals surface area contributed by atoms with Crippen molar-refractivity contribution in [3.05, 3.63) is 65.5 Å². The van der Waals surface area contributed by atoms with Crippen molar-refractivity contribution < 1.29 is 4.79 Å². The molecule has 21 heavy (non-hydrogen) atoms. The summed E-state index contributed by atoms with van der Waals surface area (Å²) >= 11 is 0. The molecule has 2 rings (SSSR count). The molecule has 0 amide bonds. The van der Waals surface area contributed by atoms with Crippen molar-refractivity contribution in [2.24, 2.45) is 0 Å². The molecule has 0 aliphatic heterocycles. The van der Waals surface area contributed by atoms with E-state index in [9.17, 15) is 4.79 Å². The van der Waals surface area contributed by atoms with E-state index in [1.165, 1.54) is 11.1 Å². The number of rotatable bonds is 7. The molecule has 0 bridgehead atoms. The smallest absolute Gasteiger partial charge is 0.176 e. The topological polar surface area (TPSA) is 33.2 Å². The van der Waals surface area contributed by atoms with Crippen LogP contribution in [0.1, 0.15) is 28.4 Å². The highest BCUT2D eigenvalue weighted by molar-refractivity contribution is 5.97. The van der Waals surface area contributed by atoms with Gasteiger partial charge >= 0.3 is 0 Å². The van der Waals surface area contributed by atoms with Gasteiger partial charge in [-0.25, -0.2) is 0 Å². The van der Waals surface area contributed by atoms with Gasteiger partial charge in [-0.2, -0.15) is 0 Å². The fourth-order valence-electron chi connectivity index (χ4n) is 2.21. The zero-order valence-electron chi connectivity index (χ0n) is 12.7. The van der Waals surface area contributed by atoms with Crippen LogP contribution in [0.2, 0.25) is 0 Å². The molecule has 0 unspecified atom stereocenters. The van der Waals surface area contributed by atoms with Crippen LogP contribution in [-0.4, -0.2) is 35.8 Å². The molecule has 1 aromatic heterocycles. The first kappa shape index (κ1) is 15.4. The van der Waals surface area contributed by atoms with E-state index in [0.29, 0.717) is 6.54 Å². The summed E-state index contributed by atoms with van der Waals surface area (Å²) < 4.78 is 0. The molecule has 0 saturated heterocycles. The summed E-state index contributed by atoms with van der Waals surface area (Å²) in [4.78, 5) is 18.3. The summed E-state index contributed by atoms with van der Waals surface area (Å²) in [5.74, 6) is 0.176. The Labute approximate surface area is 126 Å². The maximum atomic E-state index is 12.2. The maximum Gasteiger partial charge on any atom is 0.176 e. The average Bonchev–Trinajstić information content (AvgIpc) is 2.54. The molecular weight excluding hydrogens is 260 g/mol. The lowest BCUT2D eigenvalue weighted by molar-refractivity contribution is 0.0947. The molecule has 110 valence electrons. The van der Waals surface area contributed by atoms with E-state index in [2.05, 4.69) is 16.8 Å². The van der Waals surface area contributed by atoms with Crippen LogP contribution < -0.4 is 0 Å². The van der Waals surface area contributed by atoms with Gasteiger partial charge in [0.1, 0.15) is 0 Å². The van der Waals surface area contributed by atoms with Crippen molar-refractivity contribution in [2.45, 2.75) is 19.8 Å². The molecule has 0 atom stereocenters. The first-order valence-corrected chi connectivity index (χ1v) is 7.38. The Morgan fingerprint density at radius 3 is 2.33 bits per heavy atom. The van der Waals surface area contributed by atoms with Crippen molar-refractivity contribution in [2.75, 3.05) is 20.1 Å². The highest BCUT2D eigenvalue weighted by atomic mass is 16.1. The lowest BCUT2D eigenvalue weighted by Gasteiger charge is -2.15. The minimum atomic E-state index is 0.176. The monoisotopic (exact) mass is 282 g/mol. The quantitative estimate of drug-likeness (QED) is 0.732. The van der Waals surface area contributed by atoms with Crippen molar-refractivity contribution in [3.63, 3.8) is 0 Å². The summed E-state index contributed by atoms with van der Waals surface area (Å²) in [6.07, 6.45) is 5.53. The number of benzene rings is 1. The van der Waals surface area contributed by atoms with E-state index < -0.39 is 0 Å². The Morgan fingerprint density at radius 1 is 1.05 bits per heavy atom. The molecule has 1 heterocycles. The predicted octanol–water partition coefficient (Wildman–Crippen LogP) is 3.00. The second-order valence-electron chi connectivity index (χ2n) is 5.32. The number of likely N-dealkylation sites (N-methyl/N-ethyl adjacent to an activating group) is 1. The Kier molecular flexibility index (Phi) is 5.64. The molecule has 0 spiro atoms. The van der Waals surface area contributed by atoms with Crippen LogP contribution in [0.3, 0.4) is 0 Å². The highest BCUT2D eigenvalue weighted by Crippen LogP contribution is 2.07. The summed E-state index contributed by atoms with van der Waals surface area (Å²) in [5.41, 5.74) is 3.30. The Morgan fingerprint density at radius 2 is 1.71 bits per heavy atom. The molecule has 0 aliphatic carbocycles. The van der Waals surface area contributed by atoms with E-state index >= 15 is 0 Å². The van der Waals surface area contributed by atoms with Crippen LogP contribution in [0.5, 0.6) is 0 Å². The number of carbonyl (C=O) groups excluding carboxylic acids is 1. The molecule has 2 aromatic rings. The molecule has 0 radical (unpaired) electrons. The van der Waals surface area contributed by atoms with Crippen molar-refractivity contribution in [1.29, 1.82) is 0 Å². The van der Waals surface area contributed by atoms with Crippen LogP contribution in [0.15, 0.2) is 48.8 Å². The van der Waals surface area contributed by atoms with Gasteiger partial charge in [-0.1, -0.05) is 31.2 Å². The van der Waals surface area contributed by atoms with Gasteiger partial charge in [0.25, 0.3) is 0 Å². The standard InChI is InChI=1S/C18H22N2O/c1-3-15-4-6-17(7-5-15)18(21)14-20(2)13-10-16-8-11-19-12-9-16/h4-9,11-12H,3,10,13-14H2,1-2H3. The first-order valence-electron chi connectivity index (χ1n) is 7.38. The number of aromatic nitrogens is 1. The van der Waals surface area contributed by atoms with Gasteiger partial charge in [0.05, 0.1) is 6.54 Å². The highest BCUT2D eigenvalue weighted by Gasteiger charge is 2.09. The lowest BCUT2D eigenvalue weighted by Crippen LogP contribution is -2.28. The molecule has 3 heteroatoms. The van der Waals surface area contributed by atoms with E-state index in [4.69, 9.17) is 0 Å². The Balaban J connectivity index is 1.83. The van der Waals surface area contributed by atoms with Gasteiger partial charge < -0.3 is 0 Å². The van der Waals surface area contributed by atoms with Gasteiger partial charge in [-0.15, -0.1) is 0 Å². The van der Waals surface area contributed by atoms with Gasteiger partial charge in [-0.05, 0) is 43.1 Å². The van der Waals surface area contributed by atoms with E-state index in [0.717, 1.165) is 24.9 Å². The van der Waals surface area contributed by atoms with Crippen LogP contribution in [0.4, 0.5) is 0 Å². The fourth-order valence-corrected chi connectivity index (χ4v) is 2.21. The molecule has 3 nitrogen and oxygen atoms in total. The van der Waals surface area contributed by atoms with E-state index in [1.54, 1.807) is 12.4 Å². The third kappa shape index (κ3) is 4.80. The number of nitrogens with zero attached hydrogens (tertiary/aromatic N) is 2. The van der Waals surface area contributed by atoms with E-state index in [-0.39, 0.29) is 5.78 Å². The van der Waals surface area contributed by atoms with Gasteiger partial charge in [-0.3, -0.25) is 14.7 Å². The summed E-state index contributed by atoms with van der Waals surface area (Å²) in [5, 5.41) is 0. The number of carbonyl (C=O) groups is 1. The average molecular weight is 282 g/mol. The zero-order chi connectivity index (χ0) is 15.1. The third-order valence-corrected chi connectivity index (χ3v) is 3.63. The van der Waals surface area contributed by atoms with Crippen LogP contribution in [0, 0.1) is 0 Å². The SMILES string of the molecule is CCc1ccc(C(=O)CN(C)CCc2ccncc2)cc1. The summed E-state index contributed by atoms with van der Waals surface area (Å²) in [6, 6.07) is 11.9. The molecule has 0 N–H and O–H groups in total. The Bertz CT molecular complexity index is 564. The minimum Gasteiger partial charge on any atom is -0.299 e. The van der Waals surface area contributed by atoms with Crippen molar-refractivity contribution >= 4 is 5.78 Å². The van der Waals surface area contributed by atoms with Gasteiger partial charge in [0.15, 0.2) is 5.78 Å². The largest absolute Gasteiger partial charge is 0.299 e. The van der Waals surface area contributed by atoms with Crippen molar-refractivity contribution in [3.8, 4) is 0 Å². The predicted molar refractivity (Wildman–Crippen MR) is 85.6 cm³/mol. The number of aryl methyl sites for hydroxylation is 1. The van der Waals surface area contributed by atoms with Gasteiger partial charge in [0, 0.05) is 24.5 Å². The summed E-state index contributed by atoms with van der Waals surface area (Å²) in [7, 11) is 1.99. The number of hydrogen-bond acceptors (Lipinski definition) is 3. The van der Waals surface area contributed by atoms with Crippen LogP contribution >= 0.6 is 0 Å². The van der Waals surface area contributed by atoms with E-state index in [1.807, 2.05) is 43.4 Å². The first-order chi connectivity index (χ1) is 10.2. The molecule has 0 fully saturated rings. The second-order valence-corrected chi connectivity index (χ2v) is 5.32. The molecule has 0 saturated carbocycles. The van der Waals surface area contributed by atoms with Crippen LogP contribution in [-0.2, 0) is 12.8 Å². The number of pyridine rings is 1. The molecular formula is C18H22N2O. The number of hydrogen-bond donors (Lipinski definition) is 0. The second kappa shape index (κ2) is 7.70. The number of Topliss-reactive ketones (excluding diaryl/α,β-unsaturated/α-hetero) is 1. The Hall–Kier alpha value is -2.00. The minimum absolute atomic E-state index is 0.176. The normalized spacial score (nSPS) is 10.8. The number of ketones is 1. The van der Waals surface area contributed by atoms with Gasteiger partial charge in [0.2, 0.25) is 0 Å². The zero-order valence-corrected chi connectivity index (χ0v) is 12.7.